The first-order valence-corrected chi connectivity index (χ1v) is 5.38. The van der Waals surface area contributed by atoms with E-state index < -0.39 is 0 Å². The molecule has 0 aliphatic rings. The summed E-state index contributed by atoms with van der Waals surface area (Å²) in [7, 11) is 0. The van der Waals surface area contributed by atoms with Gasteiger partial charge in [-0.05, 0) is 35.6 Å². The number of rotatable bonds is 4. The topological polar surface area (TPSA) is 23.8 Å². The lowest BCUT2D eigenvalue weighted by molar-refractivity contribution is 0.869. The van der Waals surface area contributed by atoms with Crippen molar-refractivity contribution >= 4 is 0 Å². The molecule has 0 N–H and O–H groups in total. The molecule has 1 unspecified atom stereocenters. The molecule has 0 radical (unpaired) electrons. The van der Waals surface area contributed by atoms with E-state index >= 15 is 0 Å². The summed E-state index contributed by atoms with van der Waals surface area (Å²) in [5.41, 5.74) is 3.31. The van der Waals surface area contributed by atoms with Gasteiger partial charge in [-0.3, -0.25) is 0 Å². The van der Waals surface area contributed by atoms with Gasteiger partial charge in [0, 0.05) is 0 Å². The van der Waals surface area contributed by atoms with Gasteiger partial charge >= 0.3 is 0 Å². The van der Waals surface area contributed by atoms with Crippen LogP contribution < -0.4 is 0 Å². The molecule has 15 heavy (non-hydrogen) atoms. The van der Waals surface area contributed by atoms with Gasteiger partial charge in [-0.25, -0.2) is 0 Å². The molecule has 1 nitrogen and oxygen atoms in total. The molecule has 1 atom stereocenters. The monoisotopic (exact) mass is 199 g/mol. The number of nitrogens with zero attached hydrogens (tertiary/aromatic N) is 1. The third-order valence-corrected chi connectivity index (χ3v) is 2.64. The molecule has 0 bridgehead atoms. The lowest BCUT2D eigenvalue weighted by Crippen LogP contribution is -1.97. The van der Waals surface area contributed by atoms with Crippen LogP contribution in [0.3, 0.4) is 0 Å². The fourth-order valence-corrected chi connectivity index (χ4v) is 1.71. The lowest BCUT2D eigenvalue weighted by Gasteiger charge is -2.13. The molecule has 0 saturated carbocycles. The highest BCUT2D eigenvalue weighted by molar-refractivity contribution is 5.41. The molecule has 0 saturated heterocycles. The molecular formula is C14H17N. The molecular weight excluding hydrogens is 182 g/mol. The van der Waals surface area contributed by atoms with Crippen LogP contribution in [0.15, 0.2) is 30.9 Å². The molecule has 0 aliphatic carbocycles. The molecule has 1 aromatic rings. The summed E-state index contributed by atoms with van der Waals surface area (Å²) >= 11 is 0. The second kappa shape index (κ2) is 5.36. The Balaban J connectivity index is 3.16. The largest absolute Gasteiger partial charge is 0.192 e. The summed E-state index contributed by atoms with van der Waals surface area (Å²) in [5.74, 6) is 0.319. The average molecular weight is 199 g/mol. The summed E-state index contributed by atoms with van der Waals surface area (Å²) in [5, 5.41) is 8.86. The summed E-state index contributed by atoms with van der Waals surface area (Å²) in [6.07, 6.45) is 4.12. The van der Waals surface area contributed by atoms with Gasteiger partial charge in [0.05, 0.1) is 11.6 Å². The Morgan fingerprint density at radius 3 is 2.80 bits per heavy atom. The van der Waals surface area contributed by atoms with E-state index in [-0.39, 0.29) is 0 Å². The summed E-state index contributed by atoms with van der Waals surface area (Å²) in [4.78, 5) is 0. The molecule has 0 spiro atoms. The highest BCUT2D eigenvalue weighted by Crippen LogP contribution is 2.23. The first-order valence-electron chi connectivity index (χ1n) is 5.38. The van der Waals surface area contributed by atoms with E-state index in [0.717, 1.165) is 18.4 Å². The molecule has 0 heterocycles. The van der Waals surface area contributed by atoms with E-state index in [1.807, 2.05) is 18.2 Å². The third-order valence-electron chi connectivity index (χ3n) is 2.64. The van der Waals surface area contributed by atoms with Crippen LogP contribution >= 0.6 is 0 Å². The summed E-state index contributed by atoms with van der Waals surface area (Å²) in [6.45, 7) is 8.09. The summed E-state index contributed by atoms with van der Waals surface area (Å²) in [6, 6.07) is 8.12. The van der Waals surface area contributed by atoms with E-state index in [2.05, 4.69) is 32.6 Å². The van der Waals surface area contributed by atoms with E-state index in [4.69, 9.17) is 5.26 Å². The maximum atomic E-state index is 8.86. The molecule has 1 rings (SSSR count). The smallest absolute Gasteiger partial charge is 0.0991 e. The van der Waals surface area contributed by atoms with Gasteiger partial charge in [0.1, 0.15) is 0 Å². The minimum absolute atomic E-state index is 0.319. The fourth-order valence-electron chi connectivity index (χ4n) is 1.71. The van der Waals surface area contributed by atoms with E-state index in [1.165, 1.54) is 11.1 Å². The summed E-state index contributed by atoms with van der Waals surface area (Å²) < 4.78 is 0. The maximum Gasteiger partial charge on any atom is 0.0991 e. The first-order chi connectivity index (χ1) is 7.22. The second-order valence-corrected chi connectivity index (χ2v) is 3.80. The first kappa shape index (κ1) is 11.5. The highest BCUT2D eigenvalue weighted by atomic mass is 14.2. The Morgan fingerprint density at radius 1 is 1.53 bits per heavy atom. The predicted molar refractivity (Wildman–Crippen MR) is 63.8 cm³/mol. The third kappa shape index (κ3) is 2.70. The maximum absolute atomic E-state index is 8.86. The van der Waals surface area contributed by atoms with Crippen molar-refractivity contribution < 1.29 is 0 Å². The minimum Gasteiger partial charge on any atom is -0.192 e. The molecule has 1 heteroatoms. The average Bonchev–Trinajstić information content (AvgIpc) is 2.29. The molecule has 1 aromatic carbocycles. The zero-order valence-corrected chi connectivity index (χ0v) is 9.46. The fraction of sp³-hybridized carbons (Fsp3) is 0.357. The number of nitriles is 1. The Hall–Kier alpha value is -1.55. The highest BCUT2D eigenvalue weighted by Gasteiger charge is 2.08. The predicted octanol–water partition coefficient (Wildman–Crippen LogP) is 3.80. The molecule has 0 fully saturated rings. The lowest BCUT2D eigenvalue weighted by atomic mass is 9.92. The zero-order chi connectivity index (χ0) is 11.3. The van der Waals surface area contributed by atoms with Crippen LogP contribution in [-0.2, 0) is 6.42 Å². The van der Waals surface area contributed by atoms with Crippen molar-refractivity contribution in [2.45, 2.75) is 32.6 Å². The van der Waals surface area contributed by atoms with Crippen LogP contribution in [0.25, 0.3) is 0 Å². The van der Waals surface area contributed by atoms with Crippen LogP contribution in [0, 0.1) is 11.3 Å². The van der Waals surface area contributed by atoms with Crippen molar-refractivity contribution in [3.63, 3.8) is 0 Å². The molecule has 0 aliphatic heterocycles. The Kier molecular flexibility index (Phi) is 4.12. The van der Waals surface area contributed by atoms with Crippen molar-refractivity contribution in [3.05, 3.63) is 47.5 Å². The van der Waals surface area contributed by atoms with Crippen LogP contribution in [-0.4, -0.2) is 0 Å². The van der Waals surface area contributed by atoms with E-state index in [0.29, 0.717) is 5.92 Å². The van der Waals surface area contributed by atoms with Crippen molar-refractivity contribution in [2.75, 3.05) is 0 Å². The van der Waals surface area contributed by atoms with Crippen molar-refractivity contribution in [1.29, 1.82) is 5.26 Å². The van der Waals surface area contributed by atoms with Crippen LogP contribution in [0.1, 0.15) is 42.9 Å². The normalized spacial score (nSPS) is 11.8. The molecule has 0 aromatic heterocycles. The van der Waals surface area contributed by atoms with E-state index in [1.54, 1.807) is 0 Å². The Morgan fingerprint density at radius 2 is 2.27 bits per heavy atom. The van der Waals surface area contributed by atoms with Crippen LogP contribution in [0.5, 0.6) is 0 Å². The van der Waals surface area contributed by atoms with Gasteiger partial charge in [0.15, 0.2) is 0 Å². The van der Waals surface area contributed by atoms with Gasteiger partial charge in [-0.1, -0.05) is 32.4 Å². The SMILES string of the molecule is C=CC(C)c1cc(C#N)ccc1CCC. The number of hydrogen-bond donors (Lipinski definition) is 0. The number of aryl methyl sites for hydroxylation is 1. The van der Waals surface area contributed by atoms with E-state index in [9.17, 15) is 0 Å². The standard InChI is InChI=1S/C14H17N/c1-4-6-13-8-7-12(10-15)9-14(13)11(3)5-2/h5,7-9,11H,2,4,6H2,1,3H3. The van der Waals surface area contributed by atoms with Crippen LogP contribution in [0.2, 0.25) is 0 Å². The number of hydrogen-bond acceptors (Lipinski definition) is 1. The van der Waals surface area contributed by atoms with Gasteiger partial charge in [-0.15, -0.1) is 6.58 Å². The van der Waals surface area contributed by atoms with Crippen molar-refractivity contribution in [3.8, 4) is 6.07 Å². The van der Waals surface area contributed by atoms with Gasteiger partial charge in [-0.2, -0.15) is 5.26 Å². The zero-order valence-electron chi connectivity index (χ0n) is 9.46. The Bertz CT molecular complexity index is 385. The number of benzene rings is 1. The van der Waals surface area contributed by atoms with Crippen molar-refractivity contribution in [2.24, 2.45) is 0 Å². The van der Waals surface area contributed by atoms with Crippen LogP contribution in [0.4, 0.5) is 0 Å². The minimum atomic E-state index is 0.319. The Labute approximate surface area is 92.1 Å². The molecule has 0 amide bonds. The van der Waals surface area contributed by atoms with Gasteiger partial charge in [0.2, 0.25) is 0 Å². The van der Waals surface area contributed by atoms with Gasteiger partial charge < -0.3 is 0 Å². The quantitative estimate of drug-likeness (QED) is 0.677. The molecule has 78 valence electrons. The van der Waals surface area contributed by atoms with Gasteiger partial charge in [0.25, 0.3) is 0 Å². The van der Waals surface area contributed by atoms with Crippen molar-refractivity contribution in [1.82, 2.24) is 0 Å². The number of allylic oxidation sites excluding steroid dienone is 1. The second-order valence-electron chi connectivity index (χ2n) is 3.80.